The van der Waals surface area contributed by atoms with Crippen LogP contribution in [0.4, 0.5) is 0 Å². The minimum atomic E-state index is -0.504. The van der Waals surface area contributed by atoms with Gasteiger partial charge in [-0.2, -0.15) is 0 Å². The second-order valence-electron chi connectivity index (χ2n) is 13.9. The minimum absolute atomic E-state index is 0.313. The van der Waals surface area contributed by atoms with Gasteiger partial charge in [-0.05, 0) is 64.4 Å². The van der Waals surface area contributed by atoms with E-state index in [1.807, 2.05) is 91.9 Å². The molecule has 1 fully saturated rings. The van der Waals surface area contributed by atoms with Gasteiger partial charge in [-0.25, -0.2) is 0 Å². The third-order valence-corrected chi connectivity index (χ3v) is 9.81. The molecule has 5 atom stereocenters. The van der Waals surface area contributed by atoms with Crippen LogP contribution in [0.25, 0.3) is 0 Å². The maximum absolute atomic E-state index is 7.17. The highest BCUT2D eigenvalue weighted by Crippen LogP contribution is 2.39. The zero-order valence-corrected chi connectivity index (χ0v) is 32.9. The second kappa shape index (κ2) is 22.6. The zero-order chi connectivity index (χ0) is 39.5. The van der Waals surface area contributed by atoms with Gasteiger partial charge in [0.2, 0.25) is 0 Å². The van der Waals surface area contributed by atoms with Crippen LogP contribution in [0.3, 0.4) is 0 Å². The first kappa shape index (κ1) is 41.5. The van der Waals surface area contributed by atoms with E-state index in [1.54, 1.807) is 0 Å². The topological polar surface area (TPSA) is 75.6 Å². The van der Waals surface area contributed by atoms with Crippen molar-refractivity contribution < 1.29 is 33.5 Å². The zero-order valence-electron chi connectivity index (χ0n) is 32.9. The van der Waals surface area contributed by atoms with Crippen LogP contribution in [0.1, 0.15) is 52.0 Å². The van der Waals surface area contributed by atoms with Crippen molar-refractivity contribution in [3.63, 3.8) is 0 Å². The van der Waals surface area contributed by atoms with Crippen LogP contribution in [0.5, 0.6) is 5.75 Å². The van der Waals surface area contributed by atoms with Crippen LogP contribution in [0, 0.1) is 0 Å². The molecular formula is C50H54O7. The number of ether oxygens (including phenoxy) is 6. The Morgan fingerprint density at radius 1 is 0.474 bits per heavy atom. The highest BCUT2D eigenvalue weighted by atomic mass is 16.6. The van der Waals surface area contributed by atoms with Crippen LogP contribution in [-0.2, 0) is 56.5 Å². The number of aliphatic hydroxyl groups excluding tert-OH is 1. The van der Waals surface area contributed by atoms with Crippen LogP contribution in [-0.4, -0.2) is 49.8 Å². The third kappa shape index (κ3) is 12.4. The fourth-order valence-electron chi connectivity index (χ4n) is 7.04. The molecule has 296 valence electrons. The molecule has 1 heterocycles. The predicted molar refractivity (Wildman–Crippen MR) is 224 cm³/mol. The summed E-state index contributed by atoms with van der Waals surface area (Å²) in [6.45, 7) is 4.59. The fraction of sp³-hybridized carbons (Fsp3) is 0.280. The molecule has 0 spiro atoms. The molecule has 57 heavy (non-hydrogen) atoms. The Morgan fingerprint density at radius 3 is 1.47 bits per heavy atom. The first-order valence-electron chi connectivity index (χ1n) is 19.7. The van der Waals surface area contributed by atoms with Crippen molar-refractivity contribution in [1.82, 2.24) is 0 Å². The molecular weight excluding hydrogens is 713 g/mol. The van der Waals surface area contributed by atoms with Gasteiger partial charge in [0.1, 0.15) is 36.3 Å². The van der Waals surface area contributed by atoms with E-state index < -0.39 is 30.5 Å². The second-order valence-corrected chi connectivity index (χ2v) is 13.9. The molecule has 1 saturated heterocycles. The van der Waals surface area contributed by atoms with Crippen LogP contribution in [0.2, 0.25) is 0 Å². The summed E-state index contributed by atoms with van der Waals surface area (Å²) >= 11 is 0. The Labute approximate surface area is 337 Å². The molecule has 7 rings (SSSR count). The van der Waals surface area contributed by atoms with E-state index in [9.17, 15) is 0 Å². The van der Waals surface area contributed by atoms with Crippen molar-refractivity contribution in [2.24, 2.45) is 0 Å². The molecule has 6 aromatic carbocycles. The number of aliphatic hydroxyl groups is 1. The van der Waals surface area contributed by atoms with E-state index in [0.29, 0.717) is 39.6 Å². The van der Waals surface area contributed by atoms with Gasteiger partial charge in [-0.15, -0.1) is 0 Å². The average molecular weight is 767 g/mol. The Kier molecular flexibility index (Phi) is 16.4. The molecule has 7 nitrogen and oxygen atoms in total. The summed E-state index contributed by atoms with van der Waals surface area (Å²) in [5.74, 6) is 0.875. The summed E-state index contributed by atoms with van der Waals surface area (Å²) < 4.78 is 40.1. The van der Waals surface area contributed by atoms with Crippen LogP contribution >= 0.6 is 0 Å². The van der Waals surface area contributed by atoms with Crippen molar-refractivity contribution in [3.8, 4) is 5.75 Å². The molecule has 0 saturated carbocycles. The van der Waals surface area contributed by atoms with E-state index in [2.05, 4.69) is 84.9 Å². The van der Waals surface area contributed by atoms with Gasteiger partial charge in [0.05, 0.1) is 39.6 Å². The van der Waals surface area contributed by atoms with Crippen molar-refractivity contribution >= 4 is 0 Å². The van der Waals surface area contributed by atoms with Crippen molar-refractivity contribution in [2.75, 3.05) is 20.3 Å². The lowest BCUT2D eigenvalue weighted by Crippen LogP contribution is -2.58. The molecule has 7 heteroatoms. The Hall–Kier alpha value is -5.12. The van der Waals surface area contributed by atoms with Gasteiger partial charge in [-0.1, -0.05) is 158 Å². The number of hydrogen-bond donors (Lipinski definition) is 1. The molecule has 0 aromatic heterocycles. The lowest BCUT2D eigenvalue weighted by atomic mass is 9.89. The molecule has 0 bridgehead atoms. The lowest BCUT2D eigenvalue weighted by molar-refractivity contribution is -0.275. The number of hydrogen-bond acceptors (Lipinski definition) is 7. The van der Waals surface area contributed by atoms with Gasteiger partial charge in [0, 0.05) is 7.11 Å². The molecule has 0 radical (unpaired) electrons. The maximum Gasteiger partial charge on any atom is 0.119 e. The molecule has 0 aliphatic carbocycles. The lowest BCUT2D eigenvalue weighted by Gasteiger charge is -2.46. The average Bonchev–Trinajstić information content (AvgIpc) is 3.27. The van der Waals surface area contributed by atoms with Gasteiger partial charge >= 0.3 is 0 Å². The monoisotopic (exact) mass is 766 g/mol. The van der Waals surface area contributed by atoms with E-state index in [4.69, 9.17) is 33.5 Å². The summed E-state index contributed by atoms with van der Waals surface area (Å²) in [6.07, 6.45) is -1.65. The Bertz CT molecular complexity index is 1970. The summed E-state index contributed by atoms with van der Waals surface area (Å²) in [7, 11) is 1.00. The third-order valence-electron chi connectivity index (χ3n) is 9.81. The number of benzene rings is 6. The van der Waals surface area contributed by atoms with E-state index >= 15 is 0 Å². The molecule has 1 N–H and O–H groups in total. The SMILES string of the molecule is CCOc1ccc(Cc2cccc([C@@H]3O[C@H](COCc4ccccc4)[C@@H](OCc4ccccc4)[C@H](OCc4ccccc4)[C@H]3OCc3ccccc3)c2)cc1.CO. The molecule has 1 aliphatic heterocycles. The minimum Gasteiger partial charge on any atom is -0.494 e. The van der Waals surface area contributed by atoms with E-state index in [0.717, 1.165) is 47.1 Å². The van der Waals surface area contributed by atoms with Gasteiger partial charge in [0.15, 0.2) is 0 Å². The fourth-order valence-corrected chi connectivity index (χ4v) is 7.04. The Balaban J connectivity index is 0.00000270. The first-order chi connectivity index (χ1) is 28.2. The molecule has 6 aromatic rings. The van der Waals surface area contributed by atoms with Crippen molar-refractivity contribution in [2.45, 2.75) is 70.3 Å². The van der Waals surface area contributed by atoms with Crippen molar-refractivity contribution in [1.29, 1.82) is 0 Å². The van der Waals surface area contributed by atoms with Gasteiger partial charge in [0.25, 0.3) is 0 Å². The predicted octanol–water partition coefficient (Wildman–Crippen LogP) is 9.70. The summed E-state index contributed by atoms with van der Waals surface area (Å²) in [5, 5.41) is 7.00. The maximum atomic E-state index is 7.17. The van der Waals surface area contributed by atoms with E-state index in [-0.39, 0.29) is 0 Å². The van der Waals surface area contributed by atoms with Gasteiger partial charge < -0.3 is 33.5 Å². The summed E-state index contributed by atoms with van der Waals surface area (Å²) in [6, 6.07) is 57.9. The smallest absolute Gasteiger partial charge is 0.119 e. The van der Waals surface area contributed by atoms with Gasteiger partial charge in [-0.3, -0.25) is 0 Å². The molecule has 0 unspecified atom stereocenters. The standard InChI is InChI=1S/C49H50O6.CH4O/c1-2-51-44-28-26-37(27-29-44)30-42-24-15-25-43(31-42)46-48(53-34-40-20-11-5-12-21-40)49(54-35-41-22-13-6-14-23-41)47(52-33-39-18-9-4-10-19-39)45(55-46)36-50-32-38-16-7-3-8-17-38;1-2/h3-29,31,45-49H,2,30,32-36H2,1H3;2H,1H3/t45-,46+,47-,48+,49+;/m1./s1. The highest BCUT2D eigenvalue weighted by Gasteiger charge is 2.49. The Morgan fingerprint density at radius 2 is 0.947 bits per heavy atom. The molecule has 0 amide bonds. The van der Waals surface area contributed by atoms with Crippen LogP contribution in [0.15, 0.2) is 170 Å². The molecule has 1 aliphatic rings. The quantitative estimate of drug-likeness (QED) is 0.0934. The summed E-state index contributed by atoms with van der Waals surface area (Å²) in [5.41, 5.74) is 7.70. The summed E-state index contributed by atoms with van der Waals surface area (Å²) in [4.78, 5) is 0. The first-order valence-corrected chi connectivity index (χ1v) is 19.7. The van der Waals surface area contributed by atoms with Crippen molar-refractivity contribution in [3.05, 3.63) is 209 Å². The largest absolute Gasteiger partial charge is 0.494 e. The number of rotatable bonds is 18. The van der Waals surface area contributed by atoms with E-state index in [1.165, 1.54) is 11.1 Å². The normalized spacial score (nSPS) is 19.0. The highest BCUT2D eigenvalue weighted by molar-refractivity contribution is 5.34. The van der Waals surface area contributed by atoms with Crippen LogP contribution < -0.4 is 4.74 Å².